The SMILES string of the molecule is COC(=O)C1=C2C(=O)N[C@@H](C)CN2C(=O)N[C@@H]1c1ccccc1. The zero-order chi connectivity index (χ0) is 16.6. The minimum absolute atomic E-state index is 0.0625. The largest absolute Gasteiger partial charge is 0.466 e. The Balaban J connectivity index is 2.17. The molecule has 1 fully saturated rings. The molecule has 0 radical (unpaired) electrons. The lowest BCUT2D eigenvalue weighted by Crippen LogP contribution is -2.59. The molecule has 3 rings (SSSR count). The van der Waals surface area contributed by atoms with Gasteiger partial charge in [-0.2, -0.15) is 0 Å². The smallest absolute Gasteiger partial charge is 0.338 e. The number of fused-ring (bicyclic) bond motifs is 1. The molecule has 1 aromatic rings. The summed E-state index contributed by atoms with van der Waals surface area (Å²) in [5.74, 6) is -1.08. The highest BCUT2D eigenvalue weighted by Gasteiger charge is 2.43. The number of benzene rings is 1. The zero-order valence-electron chi connectivity index (χ0n) is 12.8. The Bertz CT molecular complexity index is 699. The molecule has 3 amide bonds. The predicted octanol–water partition coefficient (Wildman–Crippen LogP) is 0.698. The summed E-state index contributed by atoms with van der Waals surface area (Å²) in [7, 11) is 1.25. The lowest BCUT2D eigenvalue weighted by Gasteiger charge is -2.40. The quantitative estimate of drug-likeness (QED) is 0.786. The molecule has 0 unspecified atom stereocenters. The summed E-state index contributed by atoms with van der Waals surface area (Å²) in [5.41, 5.74) is 0.912. The van der Waals surface area contributed by atoms with E-state index in [4.69, 9.17) is 4.74 Å². The van der Waals surface area contributed by atoms with Crippen molar-refractivity contribution in [3.05, 3.63) is 47.2 Å². The Labute approximate surface area is 133 Å². The van der Waals surface area contributed by atoms with E-state index in [1.165, 1.54) is 12.0 Å². The Hall–Kier alpha value is -2.83. The van der Waals surface area contributed by atoms with Crippen molar-refractivity contribution in [1.82, 2.24) is 15.5 Å². The van der Waals surface area contributed by atoms with E-state index in [0.717, 1.165) is 0 Å². The molecule has 120 valence electrons. The molecule has 0 saturated carbocycles. The number of nitrogens with zero attached hydrogens (tertiary/aromatic N) is 1. The van der Waals surface area contributed by atoms with Crippen molar-refractivity contribution in [3.63, 3.8) is 0 Å². The van der Waals surface area contributed by atoms with Gasteiger partial charge in [0.2, 0.25) is 0 Å². The van der Waals surface area contributed by atoms with Crippen LogP contribution < -0.4 is 10.6 Å². The van der Waals surface area contributed by atoms with Crippen molar-refractivity contribution in [2.24, 2.45) is 0 Å². The highest BCUT2D eigenvalue weighted by Crippen LogP contribution is 2.32. The normalized spacial score (nSPS) is 23.8. The van der Waals surface area contributed by atoms with E-state index in [0.29, 0.717) is 12.1 Å². The molecule has 0 spiro atoms. The molecule has 2 aliphatic heterocycles. The molecule has 7 heteroatoms. The molecular formula is C16H17N3O4. The van der Waals surface area contributed by atoms with E-state index in [2.05, 4.69) is 10.6 Å². The average molecular weight is 315 g/mol. The van der Waals surface area contributed by atoms with Gasteiger partial charge in [0.25, 0.3) is 5.91 Å². The number of rotatable bonds is 2. The second-order valence-corrected chi connectivity index (χ2v) is 5.53. The molecule has 0 bridgehead atoms. The number of nitrogens with one attached hydrogen (secondary N) is 2. The van der Waals surface area contributed by atoms with Crippen LogP contribution in [0.4, 0.5) is 4.79 Å². The highest BCUT2D eigenvalue weighted by molar-refractivity contribution is 6.08. The number of ether oxygens (including phenoxy) is 1. The van der Waals surface area contributed by atoms with Crippen LogP contribution in [0.1, 0.15) is 18.5 Å². The lowest BCUT2D eigenvalue weighted by atomic mass is 9.93. The molecule has 0 aliphatic carbocycles. The molecule has 1 saturated heterocycles. The van der Waals surface area contributed by atoms with Crippen LogP contribution in [-0.2, 0) is 14.3 Å². The van der Waals surface area contributed by atoms with Gasteiger partial charge in [-0.05, 0) is 12.5 Å². The van der Waals surface area contributed by atoms with Crippen molar-refractivity contribution in [2.45, 2.75) is 19.0 Å². The van der Waals surface area contributed by atoms with Gasteiger partial charge in [0.15, 0.2) is 0 Å². The highest BCUT2D eigenvalue weighted by atomic mass is 16.5. The fourth-order valence-electron chi connectivity index (χ4n) is 2.91. The number of carbonyl (C=O) groups excluding carboxylic acids is 3. The van der Waals surface area contributed by atoms with Crippen LogP contribution in [0.2, 0.25) is 0 Å². The molecular weight excluding hydrogens is 298 g/mol. The first-order chi connectivity index (χ1) is 11.0. The summed E-state index contributed by atoms with van der Waals surface area (Å²) in [6, 6.07) is 7.70. The Morgan fingerprint density at radius 2 is 1.91 bits per heavy atom. The van der Waals surface area contributed by atoms with Crippen LogP contribution in [0.25, 0.3) is 0 Å². The van der Waals surface area contributed by atoms with Crippen molar-refractivity contribution in [3.8, 4) is 0 Å². The van der Waals surface area contributed by atoms with Gasteiger partial charge in [0.1, 0.15) is 5.70 Å². The Kier molecular flexibility index (Phi) is 3.77. The minimum Gasteiger partial charge on any atom is -0.466 e. The third kappa shape index (κ3) is 2.54. The number of amides is 3. The maximum Gasteiger partial charge on any atom is 0.338 e. The number of hydrogen-bond donors (Lipinski definition) is 2. The second kappa shape index (κ2) is 5.75. The van der Waals surface area contributed by atoms with Gasteiger partial charge in [0.05, 0.1) is 18.7 Å². The second-order valence-electron chi connectivity index (χ2n) is 5.53. The van der Waals surface area contributed by atoms with Crippen LogP contribution in [0.3, 0.4) is 0 Å². The maximum absolute atomic E-state index is 12.4. The number of carbonyl (C=O) groups is 3. The van der Waals surface area contributed by atoms with E-state index >= 15 is 0 Å². The minimum atomic E-state index is -0.721. The zero-order valence-corrected chi connectivity index (χ0v) is 12.8. The van der Waals surface area contributed by atoms with Crippen LogP contribution in [0, 0.1) is 0 Å². The number of piperazine rings is 1. The summed E-state index contributed by atoms with van der Waals surface area (Å²) >= 11 is 0. The summed E-state index contributed by atoms with van der Waals surface area (Å²) < 4.78 is 4.85. The van der Waals surface area contributed by atoms with Crippen LogP contribution in [0.5, 0.6) is 0 Å². The molecule has 2 N–H and O–H groups in total. The van der Waals surface area contributed by atoms with Gasteiger partial charge in [-0.3, -0.25) is 9.69 Å². The van der Waals surface area contributed by atoms with E-state index in [-0.39, 0.29) is 17.3 Å². The third-order valence-electron chi connectivity index (χ3n) is 3.91. The van der Waals surface area contributed by atoms with Crippen molar-refractivity contribution < 1.29 is 19.1 Å². The van der Waals surface area contributed by atoms with Crippen LogP contribution in [-0.4, -0.2) is 42.5 Å². The van der Waals surface area contributed by atoms with Gasteiger partial charge in [0, 0.05) is 12.6 Å². The van der Waals surface area contributed by atoms with E-state index < -0.39 is 23.9 Å². The van der Waals surface area contributed by atoms with E-state index in [1.54, 1.807) is 31.2 Å². The Morgan fingerprint density at radius 1 is 1.22 bits per heavy atom. The molecule has 2 aliphatic rings. The van der Waals surface area contributed by atoms with Crippen molar-refractivity contribution in [2.75, 3.05) is 13.7 Å². The molecule has 7 nitrogen and oxygen atoms in total. The monoisotopic (exact) mass is 315 g/mol. The molecule has 23 heavy (non-hydrogen) atoms. The van der Waals surface area contributed by atoms with Crippen molar-refractivity contribution in [1.29, 1.82) is 0 Å². The maximum atomic E-state index is 12.4. The topological polar surface area (TPSA) is 87.7 Å². The van der Waals surface area contributed by atoms with Gasteiger partial charge in [-0.25, -0.2) is 9.59 Å². The van der Waals surface area contributed by atoms with Gasteiger partial charge in [-0.1, -0.05) is 30.3 Å². The first-order valence-corrected chi connectivity index (χ1v) is 7.29. The molecule has 2 atom stereocenters. The summed E-state index contributed by atoms with van der Waals surface area (Å²) in [6.45, 7) is 2.10. The first-order valence-electron chi connectivity index (χ1n) is 7.29. The van der Waals surface area contributed by atoms with Crippen LogP contribution >= 0.6 is 0 Å². The molecule has 0 aromatic heterocycles. The van der Waals surface area contributed by atoms with Gasteiger partial charge >= 0.3 is 12.0 Å². The number of hydrogen-bond acceptors (Lipinski definition) is 4. The number of esters is 1. The number of methoxy groups -OCH3 is 1. The fraction of sp³-hybridized carbons (Fsp3) is 0.312. The molecule has 2 heterocycles. The summed E-state index contributed by atoms with van der Waals surface area (Å²) in [6.07, 6.45) is 0. The van der Waals surface area contributed by atoms with Crippen molar-refractivity contribution >= 4 is 17.9 Å². The standard InChI is InChI=1S/C16H17N3O4/c1-9-8-19-13(14(20)17-9)11(15(21)23-2)12(18-16(19)22)10-6-4-3-5-7-10/h3-7,9,12H,8H2,1-2H3,(H,17,20)(H,18,22)/t9-,12+/m0/s1. The lowest BCUT2D eigenvalue weighted by molar-refractivity contribution is -0.137. The van der Waals surface area contributed by atoms with Gasteiger partial charge in [-0.15, -0.1) is 0 Å². The summed E-state index contributed by atoms with van der Waals surface area (Å²) in [5, 5.41) is 5.54. The van der Waals surface area contributed by atoms with Gasteiger partial charge < -0.3 is 15.4 Å². The fourth-order valence-corrected chi connectivity index (χ4v) is 2.91. The Morgan fingerprint density at radius 3 is 2.57 bits per heavy atom. The summed E-state index contributed by atoms with van der Waals surface area (Å²) in [4.78, 5) is 38.4. The van der Waals surface area contributed by atoms with E-state index in [1.807, 2.05) is 6.07 Å². The number of urea groups is 1. The third-order valence-corrected chi connectivity index (χ3v) is 3.91. The van der Waals surface area contributed by atoms with Crippen LogP contribution in [0.15, 0.2) is 41.6 Å². The predicted molar refractivity (Wildman–Crippen MR) is 81.1 cm³/mol. The molecule has 1 aromatic carbocycles. The first kappa shape index (κ1) is 15.1. The average Bonchev–Trinajstić information content (AvgIpc) is 2.55. The van der Waals surface area contributed by atoms with E-state index in [9.17, 15) is 14.4 Å².